The van der Waals surface area contributed by atoms with Crippen LogP contribution in [0.1, 0.15) is 21.5 Å². The summed E-state index contributed by atoms with van der Waals surface area (Å²) in [6.45, 7) is 1.06. The zero-order valence-corrected chi connectivity index (χ0v) is 13.5. The second-order valence-corrected chi connectivity index (χ2v) is 5.92. The number of aromatic nitrogens is 4. The minimum atomic E-state index is -0.141. The van der Waals surface area contributed by atoms with Crippen molar-refractivity contribution in [1.82, 2.24) is 25.5 Å². The standard InChI is InChI=1S/C18H17N5O2/c24-18(14-6-3-7-16(8-14)23-12-20-21-22-23)19-10-17-9-13-4-1-2-5-15(13)11-25-17/h1-8,12,17H,9-11H2,(H,19,24). The molecule has 7 nitrogen and oxygen atoms in total. The van der Waals surface area contributed by atoms with Crippen LogP contribution in [0.25, 0.3) is 5.69 Å². The molecule has 126 valence electrons. The molecule has 1 aromatic heterocycles. The van der Waals surface area contributed by atoms with Crippen LogP contribution in [0.4, 0.5) is 0 Å². The van der Waals surface area contributed by atoms with Crippen molar-refractivity contribution in [2.75, 3.05) is 6.54 Å². The van der Waals surface area contributed by atoms with Gasteiger partial charge in [0.1, 0.15) is 6.33 Å². The summed E-state index contributed by atoms with van der Waals surface area (Å²) in [5.74, 6) is -0.141. The van der Waals surface area contributed by atoms with E-state index in [0.717, 1.165) is 12.1 Å². The van der Waals surface area contributed by atoms with Gasteiger partial charge in [0.2, 0.25) is 0 Å². The van der Waals surface area contributed by atoms with Crippen LogP contribution in [0, 0.1) is 0 Å². The summed E-state index contributed by atoms with van der Waals surface area (Å²) >= 11 is 0. The SMILES string of the molecule is O=C(NCC1Cc2ccccc2CO1)c1cccc(-n2cnnn2)c1. The highest BCUT2D eigenvalue weighted by Crippen LogP contribution is 2.20. The Bertz CT molecular complexity index is 879. The predicted molar refractivity (Wildman–Crippen MR) is 90.2 cm³/mol. The Balaban J connectivity index is 1.39. The molecule has 2 heterocycles. The summed E-state index contributed by atoms with van der Waals surface area (Å²) in [5, 5.41) is 14.0. The number of amides is 1. The van der Waals surface area contributed by atoms with Crippen molar-refractivity contribution in [2.24, 2.45) is 0 Å². The molecule has 0 saturated heterocycles. The molecule has 3 aromatic rings. The van der Waals surface area contributed by atoms with Gasteiger partial charge in [-0.2, -0.15) is 0 Å². The first-order valence-corrected chi connectivity index (χ1v) is 8.09. The molecule has 1 aliphatic heterocycles. The van der Waals surface area contributed by atoms with Crippen molar-refractivity contribution < 1.29 is 9.53 Å². The van der Waals surface area contributed by atoms with E-state index in [1.807, 2.05) is 18.2 Å². The molecule has 0 fully saturated rings. The highest BCUT2D eigenvalue weighted by molar-refractivity contribution is 5.94. The normalized spacial score (nSPS) is 16.2. The number of rotatable bonds is 4. The van der Waals surface area contributed by atoms with Crippen LogP contribution in [0.2, 0.25) is 0 Å². The number of ether oxygens (including phenoxy) is 1. The van der Waals surface area contributed by atoms with Gasteiger partial charge in [-0.25, -0.2) is 4.68 Å². The Morgan fingerprint density at radius 3 is 2.92 bits per heavy atom. The molecule has 0 aliphatic carbocycles. The summed E-state index contributed by atoms with van der Waals surface area (Å²) in [5.41, 5.74) is 3.80. The van der Waals surface area contributed by atoms with E-state index in [9.17, 15) is 4.79 Å². The van der Waals surface area contributed by atoms with Crippen LogP contribution in [-0.2, 0) is 17.8 Å². The van der Waals surface area contributed by atoms with Crippen LogP contribution in [0.3, 0.4) is 0 Å². The van der Waals surface area contributed by atoms with Gasteiger partial charge in [0.25, 0.3) is 5.91 Å². The van der Waals surface area contributed by atoms with E-state index in [-0.39, 0.29) is 12.0 Å². The van der Waals surface area contributed by atoms with Crippen molar-refractivity contribution in [2.45, 2.75) is 19.1 Å². The number of nitrogens with one attached hydrogen (secondary N) is 1. The molecule has 0 saturated carbocycles. The molecular formula is C18H17N5O2. The van der Waals surface area contributed by atoms with Gasteiger partial charge < -0.3 is 10.1 Å². The van der Waals surface area contributed by atoms with Gasteiger partial charge in [-0.1, -0.05) is 30.3 Å². The van der Waals surface area contributed by atoms with E-state index < -0.39 is 0 Å². The molecule has 25 heavy (non-hydrogen) atoms. The van der Waals surface area contributed by atoms with E-state index in [1.165, 1.54) is 22.1 Å². The van der Waals surface area contributed by atoms with Crippen molar-refractivity contribution in [3.8, 4) is 5.69 Å². The third-order valence-corrected chi connectivity index (χ3v) is 4.25. The molecule has 4 rings (SSSR count). The van der Waals surface area contributed by atoms with Crippen molar-refractivity contribution in [3.05, 3.63) is 71.5 Å². The van der Waals surface area contributed by atoms with Gasteiger partial charge in [-0.05, 0) is 39.8 Å². The van der Waals surface area contributed by atoms with E-state index >= 15 is 0 Å². The molecule has 2 aromatic carbocycles. The Morgan fingerprint density at radius 2 is 2.08 bits per heavy atom. The quantitative estimate of drug-likeness (QED) is 0.782. The minimum absolute atomic E-state index is 0.0125. The van der Waals surface area contributed by atoms with Crippen molar-refractivity contribution in [1.29, 1.82) is 0 Å². The average molecular weight is 335 g/mol. The van der Waals surface area contributed by atoms with Crippen LogP contribution < -0.4 is 5.32 Å². The number of hydrogen-bond donors (Lipinski definition) is 1. The van der Waals surface area contributed by atoms with Crippen LogP contribution >= 0.6 is 0 Å². The lowest BCUT2D eigenvalue weighted by molar-refractivity contribution is 0.0285. The Kier molecular flexibility index (Phi) is 4.22. The van der Waals surface area contributed by atoms with E-state index in [4.69, 9.17) is 4.74 Å². The molecule has 1 atom stereocenters. The summed E-state index contributed by atoms with van der Waals surface area (Å²) in [7, 11) is 0. The lowest BCUT2D eigenvalue weighted by atomic mass is 9.99. The van der Waals surface area contributed by atoms with Crippen molar-refractivity contribution >= 4 is 5.91 Å². The number of hydrogen-bond acceptors (Lipinski definition) is 5. The maximum atomic E-state index is 12.4. The van der Waals surface area contributed by atoms with Gasteiger partial charge >= 0.3 is 0 Å². The average Bonchev–Trinajstić information content (AvgIpc) is 3.21. The Labute approximate surface area is 144 Å². The maximum Gasteiger partial charge on any atom is 0.251 e. The molecule has 1 N–H and O–H groups in total. The number of benzene rings is 2. The van der Waals surface area contributed by atoms with Gasteiger partial charge in [0.05, 0.1) is 18.4 Å². The topological polar surface area (TPSA) is 81.9 Å². The smallest absolute Gasteiger partial charge is 0.251 e. The second-order valence-electron chi connectivity index (χ2n) is 5.92. The second kappa shape index (κ2) is 6.82. The largest absolute Gasteiger partial charge is 0.371 e. The highest BCUT2D eigenvalue weighted by atomic mass is 16.5. The first kappa shape index (κ1) is 15.5. The number of nitrogens with zero attached hydrogens (tertiary/aromatic N) is 4. The Hall–Kier alpha value is -3.06. The molecule has 0 bridgehead atoms. The third-order valence-electron chi connectivity index (χ3n) is 4.25. The molecule has 1 aliphatic rings. The molecule has 0 spiro atoms. The van der Waals surface area contributed by atoms with Crippen LogP contribution in [0.5, 0.6) is 0 Å². The predicted octanol–water partition coefficient (Wildman–Crippen LogP) is 1.53. The first-order valence-electron chi connectivity index (χ1n) is 8.09. The van der Waals surface area contributed by atoms with Gasteiger partial charge in [-0.3, -0.25) is 4.79 Å². The van der Waals surface area contributed by atoms with E-state index in [1.54, 1.807) is 18.2 Å². The number of carbonyl (C=O) groups is 1. The molecule has 7 heteroatoms. The zero-order valence-electron chi connectivity index (χ0n) is 13.5. The first-order chi connectivity index (χ1) is 12.3. The fraction of sp³-hybridized carbons (Fsp3) is 0.222. The Morgan fingerprint density at radius 1 is 1.20 bits per heavy atom. The van der Waals surface area contributed by atoms with Gasteiger partial charge in [-0.15, -0.1) is 5.10 Å². The van der Waals surface area contributed by atoms with Crippen LogP contribution in [0.15, 0.2) is 54.9 Å². The lowest BCUT2D eigenvalue weighted by Gasteiger charge is -2.25. The minimum Gasteiger partial charge on any atom is -0.371 e. The lowest BCUT2D eigenvalue weighted by Crippen LogP contribution is -2.36. The summed E-state index contributed by atoms with van der Waals surface area (Å²) in [4.78, 5) is 12.4. The fourth-order valence-corrected chi connectivity index (χ4v) is 2.92. The number of tetrazole rings is 1. The third kappa shape index (κ3) is 3.41. The monoisotopic (exact) mass is 335 g/mol. The molecule has 0 radical (unpaired) electrons. The highest BCUT2D eigenvalue weighted by Gasteiger charge is 2.19. The summed E-state index contributed by atoms with van der Waals surface area (Å²) in [6, 6.07) is 15.4. The molecular weight excluding hydrogens is 318 g/mol. The van der Waals surface area contributed by atoms with E-state index in [0.29, 0.717) is 18.7 Å². The maximum absolute atomic E-state index is 12.4. The zero-order chi connectivity index (χ0) is 17.1. The number of fused-ring (bicyclic) bond motifs is 1. The van der Waals surface area contributed by atoms with Gasteiger partial charge in [0, 0.05) is 18.5 Å². The summed E-state index contributed by atoms with van der Waals surface area (Å²) in [6.07, 6.45) is 2.28. The molecule has 1 unspecified atom stereocenters. The molecule has 1 amide bonds. The van der Waals surface area contributed by atoms with Gasteiger partial charge in [0.15, 0.2) is 0 Å². The van der Waals surface area contributed by atoms with Crippen molar-refractivity contribution in [3.63, 3.8) is 0 Å². The summed E-state index contributed by atoms with van der Waals surface area (Å²) < 4.78 is 7.34. The van der Waals surface area contributed by atoms with Crippen LogP contribution in [-0.4, -0.2) is 38.8 Å². The number of carbonyl (C=O) groups excluding carboxylic acids is 1. The fourth-order valence-electron chi connectivity index (χ4n) is 2.92. The van der Waals surface area contributed by atoms with E-state index in [2.05, 4.69) is 33.0 Å².